The first-order chi connectivity index (χ1) is 14.0. The summed E-state index contributed by atoms with van der Waals surface area (Å²) in [6.45, 7) is 7.27. The summed E-state index contributed by atoms with van der Waals surface area (Å²) in [5, 5.41) is 20.5. The van der Waals surface area contributed by atoms with Gasteiger partial charge in [0.15, 0.2) is 5.78 Å². The van der Waals surface area contributed by atoms with Crippen LogP contribution in [-0.4, -0.2) is 35.1 Å². The molecule has 0 radical (unpaired) electrons. The molecule has 2 aromatic carbocycles. The maximum Gasteiger partial charge on any atom is 0.337 e. The van der Waals surface area contributed by atoms with Crippen molar-refractivity contribution in [1.82, 2.24) is 0 Å². The number of carbonyl (C=O) groups excluding carboxylic acids is 1. The largest absolute Gasteiger partial charge is 0.507 e. The van der Waals surface area contributed by atoms with Crippen LogP contribution in [0.15, 0.2) is 36.4 Å². The Morgan fingerprint density at radius 1 is 0.966 bits per heavy atom. The molecule has 0 amide bonds. The summed E-state index contributed by atoms with van der Waals surface area (Å²) in [5.41, 5.74) is 1.93. The van der Waals surface area contributed by atoms with Crippen molar-refractivity contribution in [3.05, 3.63) is 58.7 Å². The number of hydrogen-bond donors (Lipinski definition) is 2. The second-order valence-electron chi connectivity index (χ2n) is 7.13. The molecule has 2 N–H and O–H groups in total. The molecule has 5 heteroatoms. The molecule has 0 saturated heterocycles. The van der Waals surface area contributed by atoms with Crippen LogP contribution in [0.2, 0.25) is 0 Å². The fourth-order valence-electron chi connectivity index (χ4n) is 3.74. The lowest BCUT2D eigenvalue weighted by Crippen LogP contribution is -2.27. The number of benzene rings is 2. The third kappa shape index (κ3) is 5.17. The minimum Gasteiger partial charge on any atom is -0.507 e. The number of aromatic hydroxyl groups is 1. The first-order valence-corrected chi connectivity index (χ1v) is 10.4. The number of ketones is 1. The van der Waals surface area contributed by atoms with E-state index in [2.05, 4.69) is 6.92 Å². The van der Waals surface area contributed by atoms with E-state index in [9.17, 15) is 19.8 Å². The molecule has 0 fully saturated rings. The van der Waals surface area contributed by atoms with Crippen molar-refractivity contribution in [1.29, 1.82) is 0 Å². The number of nitrogens with zero attached hydrogens (tertiary/aromatic N) is 1. The zero-order chi connectivity index (χ0) is 21.4. The fourth-order valence-corrected chi connectivity index (χ4v) is 3.74. The van der Waals surface area contributed by atoms with Gasteiger partial charge in [0.25, 0.3) is 0 Å². The molecule has 0 aromatic heterocycles. The van der Waals surface area contributed by atoms with Gasteiger partial charge >= 0.3 is 5.97 Å². The predicted octanol–water partition coefficient (Wildman–Crippen LogP) is 5.29. The number of aromatic carboxylic acids is 1. The van der Waals surface area contributed by atoms with Crippen LogP contribution >= 0.6 is 0 Å². The van der Waals surface area contributed by atoms with Crippen LogP contribution in [0.4, 0.5) is 5.69 Å². The Balaban J connectivity index is 2.71. The highest BCUT2D eigenvalue weighted by atomic mass is 16.4. The van der Waals surface area contributed by atoms with E-state index in [1.807, 2.05) is 24.8 Å². The number of hydrogen-bond acceptors (Lipinski definition) is 4. The molecule has 29 heavy (non-hydrogen) atoms. The number of carboxylic acid groups (broad SMARTS) is 1. The van der Waals surface area contributed by atoms with Gasteiger partial charge < -0.3 is 15.1 Å². The lowest BCUT2D eigenvalue weighted by Gasteiger charge is -2.28. The molecule has 0 bridgehead atoms. The van der Waals surface area contributed by atoms with E-state index < -0.39 is 5.97 Å². The number of rotatable bonds is 11. The zero-order valence-electron chi connectivity index (χ0n) is 17.6. The van der Waals surface area contributed by atoms with Gasteiger partial charge in [0.05, 0.1) is 16.8 Å². The van der Waals surface area contributed by atoms with Gasteiger partial charge in [-0.15, -0.1) is 0 Å². The molecule has 0 spiro atoms. The number of anilines is 1. The Labute approximate surface area is 173 Å². The Kier molecular flexibility index (Phi) is 8.25. The number of phenolic OH excluding ortho intramolecular Hbond substituents is 1. The lowest BCUT2D eigenvalue weighted by molar-refractivity contribution is 0.0696. The van der Waals surface area contributed by atoms with Gasteiger partial charge in [0, 0.05) is 18.7 Å². The monoisotopic (exact) mass is 397 g/mol. The van der Waals surface area contributed by atoms with Crippen molar-refractivity contribution in [3.63, 3.8) is 0 Å². The van der Waals surface area contributed by atoms with E-state index >= 15 is 0 Å². The van der Waals surface area contributed by atoms with Crippen molar-refractivity contribution < 1.29 is 19.8 Å². The van der Waals surface area contributed by atoms with Gasteiger partial charge in [-0.1, -0.05) is 56.5 Å². The van der Waals surface area contributed by atoms with E-state index in [4.69, 9.17) is 0 Å². The average Bonchev–Trinajstić information content (AvgIpc) is 2.73. The molecule has 0 aliphatic heterocycles. The summed E-state index contributed by atoms with van der Waals surface area (Å²) >= 11 is 0. The highest BCUT2D eigenvalue weighted by Gasteiger charge is 2.28. The molecular weight excluding hydrogens is 366 g/mol. The lowest BCUT2D eigenvalue weighted by atomic mass is 9.89. The normalized spacial score (nSPS) is 10.7. The van der Waals surface area contributed by atoms with Gasteiger partial charge in [-0.2, -0.15) is 0 Å². The molecule has 2 aromatic rings. The van der Waals surface area contributed by atoms with E-state index in [-0.39, 0.29) is 22.7 Å². The molecule has 0 unspecified atom stereocenters. The quantitative estimate of drug-likeness (QED) is 0.398. The van der Waals surface area contributed by atoms with E-state index in [1.165, 1.54) is 6.07 Å². The molecule has 0 heterocycles. The van der Waals surface area contributed by atoms with Crippen LogP contribution < -0.4 is 4.90 Å². The Morgan fingerprint density at radius 3 is 2.17 bits per heavy atom. The van der Waals surface area contributed by atoms with E-state index in [0.717, 1.165) is 25.7 Å². The highest BCUT2D eigenvalue weighted by molar-refractivity contribution is 6.13. The third-order valence-electron chi connectivity index (χ3n) is 5.23. The van der Waals surface area contributed by atoms with Gasteiger partial charge in [-0.05, 0) is 38.3 Å². The maximum absolute atomic E-state index is 13.3. The average molecular weight is 398 g/mol. The predicted molar refractivity (Wildman–Crippen MR) is 116 cm³/mol. The van der Waals surface area contributed by atoms with Crippen molar-refractivity contribution in [2.75, 3.05) is 18.0 Å². The topological polar surface area (TPSA) is 77.8 Å². The van der Waals surface area contributed by atoms with Crippen molar-refractivity contribution in [2.45, 2.75) is 52.9 Å². The van der Waals surface area contributed by atoms with Gasteiger partial charge in [-0.3, -0.25) is 4.79 Å². The molecule has 2 rings (SSSR count). The summed E-state index contributed by atoms with van der Waals surface area (Å²) in [6.07, 6.45) is 4.53. The van der Waals surface area contributed by atoms with Crippen LogP contribution in [0.1, 0.15) is 78.3 Å². The fraction of sp³-hybridized carbons (Fsp3) is 0.417. The molecule has 0 aliphatic rings. The first-order valence-electron chi connectivity index (χ1n) is 10.4. The van der Waals surface area contributed by atoms with Gasteiger partial charge in [0.1, 0.15) is 5.75 Å². The second kappa shape index (κ2) is 10.6. The van der Waals surface area contributed by atoms with Crippen molar-refractivity contribution >= 4 is 17.4 Å². The van der Waals surface area contributed by atoms with Crippen LogP contribution in [-0.2, 0) is 6.42 Å². The summed E-state index contributed by atoms with van der Waals surface area (Å²) in [6, 6.07) is 10.0. The molecule has 5 nitrogen and oxygen atoms in total. The zero-order valence-corrected chi connectivity index (χ0v) is 17.6. The Hall–Kier alpha value is -2.82. The molecular formula is C24H31NO4. The smallest absolute Gasteiger partial charge is 0.337 e. The SMILES string of the molecule is CCCCCCc1c(C(=O)c2ccccc2)c(O)cc(C(=O)O)c1N(CC)CC. The number of carboxylic acids is 1. The third-order valence-corrected chi connectivity index (χ3v) is 5.23. The van der Waals surface area contributed by atoms with E-state index in [1.54, 1.807) is 24.3 Å². The summed E-state index contributed by atoms with van der Waals surface area (Å²) in [7, 11) is 0. The standard InChI is InChI=1S/C24H31NO4/c1-4-7-8-12-15-18-21(23(27)17-13-10-9-11-14-17)20(26)16-19(24(28)29)22(18)25(5-2)6-3/h9-11,13-14,16,26H,4-8,12,15H2,1-3H3,(H,28,29). The highest BCUT2D eigenvalue weighted by Crippen LogP contribution is 2.37. The summed E-state index contributed by atoms with van der Waals surface area (Å²) in [5.74, 6) is -1.65. The summed E-state index contributed by atoms with van der Waals surface area (Å²) in [4.78, 5) is 27.2. The van der Waals surface area contributed by atoms with Crippen molar-refractivity contribution in [2.24, 2.45) is 0 Å². The summed E-state index contributed by atoms with van der Waals surface area (Å²) < 4.78 is 0. The van der Waals surface area contributed by atoms with Crippen LogP contribution in [0.5, 0.6) is 5.75 Å². The van der Waals surface area contributed by atoms with Crippen LogP contribution in [0.25, 0.3) is 0 Å². The Morgan fingerprint density at radius 2 is 1.62 bits per heavy atom. The van der Waals surface area contributed by atoms with Gasteiger partial charge in [0.2, 0.25) is 0 Å². The van der Waals surface area contributed by atoms with Crippen LogP contribution in [0, 0.1) is 0 Å². The molecule has 0 aliphatic carbocycles. The number of unbranched alkanes of at least 4 members (excludes halogenated alkanes) is 3. The maximum atomic E-state index is 13.3. The van der Waals surface area contributed by atoms with Gasteiger partial charge in [-0.25, -0.2) is 4.79 Å². The molecule has 0 saturated carbocycles. The van der Waals surface area contributed by atoms with Crippen molar-refractivity contribution in [3.8, 4) is 5.75 Å². The molecule has 0 atom stereocenters. The number of phenols is 1. The Bertz CT molecular complexity index is 842. The minimum absolute atomic E-state index is 0.0429. The first kappa shape index (κ1) is 22.5. The minimum atomic E-state index is -1.10. The number of carbonyl (C=O) groups is 2. The van der Waals surface area contributed by atoms with E-state index in [0.29, 0.717) is 36.3 Å². The molecule has 156 valence electrons. The second-order valence-corrected chi connectivity index (χ2v) is 7.13. The van der Waals surface area contributed by atoms with Crippen LogP contribution in [0.3, 0.4) is 0 Å².